The second-order valence-corrected chi connectivity index (χ2v) is 7.40. The van der Waals surface area contributed by atoms with Crippen LogP contribution in [0.4, 0.5) is 5.69 Å². The van der Waals surface area contributed by atoms with Crippen molar-refractivity contribution in [2.75, 3.05) is 11.9 Å². The molecule has 0 spiro atoms. The number of benzene rings is 1. The third kappa shape index (κ3) is 3.58. The van der Waals surface area contributed by atoms with E-state index in [1.165, 1.54) is 5.56 Å². The predicted molar refractivity (Wildman–Crippen MR) is 89.3 cm³/mol. The Morgan fingerprint density at radius 2 is 2.11 bits per heavy atom. The molecule has 19 heavy (non-hydrogen) atoms. The molecule has 100 valence electrons. The Kier molecular flexibility index (Phi) is 4.65. The third-order valence-corrected chi connectivity index (χ3v) is 4.75. The number of amidine groups is 1. The Labute approximate surface area is 133 Å². The minimum atomic E-state index is 0.0784. The Morgan fingerprint density at radius 1 is 1.37 bits per heavy atom. The van der Waals surface area contributed by atoms with Crippen LogP contribution in [0.2, 0.25) is 0 Å². The molecule has 0 saturated carbocycles. The van der Waals surface area contributed by atoms with E-state index in [1.807, 2.05) is 25.2 Å². The zero-order valence-electron chi connectivity index (χ0n) is 10.3. The number of nitrogens with one attached hydrogen (secondary N) is 1. The van der Waals surface area contributed by atoms with Crippen LogP contribution < -0.4 is 10.6 Å². The molecule has 1 aromatic carbocycles. The van der Waals surface area contributed by atoms with Gasteiger partial charge in [-0.05, 0) is 51.1 Å². The van der Waals surface area contributed by atoms with Crippen molar-refractivity contribution in [1.29, 1.82) is 5.41 Å². The van der Waals surface area contributed by atoms with Crippen molar-refractivity contribution in [3.05, 3.63) is 49.0 Å². The third-order valence-electron chi connectivity index (χ3n) is 2.70. The molecule has 0 bridgehead atoms. The van der Waals surface area contributed by atoms with E-state index in [-0.39, 0.29) is 5.84 Å². The molecule has 0 aliphatic rings. The van der Waals surface area contributed by atoms with Crippen LogP contribution in [0.15, 0.2) is 37.9 Å². The van der Waals surface area contributed by atoms with Gasteiger partial charge in [-0.2, -0.15) is 0 Å². The lowest BCUT2D eigenvalue weighted by atomic mass is 10.1. The molecule has 0 aliphatic carbocycles. The largest absolute Gasteiger partial charge is 0.384 e. The Balaban J connectivity index is 2.28. The number of nitrogens with zero attached hydrogens (tertiary/aromatic N) is 1. The number of hydrogen-bond acceptors (Lipinski definition) is 3. The number of anilines is 1. The molecule has 6 heteroatoms. The van der Waals surface area contributed by atoms with E-state index < -0.39 is 0 Å². The first-order chi connectivity index (χ1) is 8.97. The molecule has 0 saturated heterocycles. The number of rotatable bonds is 4. The van der Waals surface area contributed by atoms with Crippen LogP contribution in [0, 0.1) is 5.41 Å². The maximum atomic E-state index is 7.67. The quantitative estimate of drug-likeness (QED) is 0.594. The van der Waals surface area contributed by atoms with E-state index in [4.69, 9.17) is 11.1 Å². The smallest absolute Gasteiger partial charge is 0.124 e. The van der Waals surface area contributed by atoms with Gasteiger partial charge in [0.25, 0.3) is 0 Å². The van der Waals surface area contributed by atoms with Crippen LogP contribution in [0.5, 0.6) is 0 Å². The van der Waals surface area contributed by atoms with Crippen LogP contribution in [-0.2, 0) is 6.54 Å². The first-order valence-electron chi connectivity index (χ1n) is 5.55. The number of halogens is 2. The fraction of sp³-hybridized carbons (Fsp3) is 0.154. The molecule has 3 nitrogen and oxygen atoms in total. The average molecular weight is 403 g/mol. The van der Waals surface area contributed by atoms with Crippen molar-refractivity contribution in [2.45, 2.75) is 6.54 Å². The van der Waals surface area contributed by atoms with Gasteiger partial charge in [-0.25, -0.2) is 0 Å². The summed E-state index contributed by atoms with van der Waals surface area (Å²) in [5.41, 5.74) is 8.58. The van der Waals surface area contributed by atoms with Gasteiger partial charge in [-0.3, -0.25) is 5.41 Å². The Bertz CT molecular complexity index is 610. The summed E-state index contributed by atoms with van der Waals surface area (Å²) in [5.74, 6) is 0.0784. The van der Waals surface area contributed by atoms with E-state index >= 15 is 0 Å². The highest BCUT2D eigenvalue weighted by Crippen LogP contribution is 2.27. The molecule has 2 aromatic rings. The van der Waals surface area contributed by atoms with Gasteiger partial charge in [0.05, 0.1) is 3.79 Å². The number of hydrogen-bond donors (Lipinski definition) is 2. The topological polar surface area (TPSA) is 53.1 Å². The summed E-state index contributed by atoms with van der Waals surface area (Å²) in [4.78, 5) is 2.09. The van der Waals surface area contributed by atoms with Crippen molar-refractivity contribution in [3.8, 4) is 0 Å². The summed E-state index contributed by atoms with van der Waals surface area (Å²) in [5, 5.41) is 9.79. The van der Waals surface area contributed by atoms with Gasteiger partial charge >= 0.3 is 0 Å². The summed E-state index contributed by atoms with van der Waals surface area (Å²) in [6.45, 7) is 0.782. The zero-order valence-corrected chi connectivity index (χ0v) is 14.3. The molecule has 0 amide bonds. The summed E-state index contributed by atoms with van der Waals surface area (Å²) in [6, 6.07) is 7.91. The minimum absolute atomic E-state index is 0.0784. The molecule has 0 unspecified atom stereocenters. The van der Waals surface area contributed by atoms with Crippen molar-refractivity contribution in [2.24, 2.45) is 5.73 Å². The molecule has 1 aromatic heterocycles. The maximum absolute atomic E-state index is 7.67. The van der Waals surface area contributed by atoms with E-state index in [9.17, 15) is 0 Å². The standard InChI is InChI=1S/C13H13Br2N3S/c1-18(6-8-4-12(15)19-7-8)11-3-2-9(14)5-10(11)13(16)17/h2-5,7H,6H2,1H3,(H3,16,17). The van der Waals surface area contributed by atoms with Crippen molar-refractivity contribution < 1.29 is 0 Å². The number of nitrogen functional groups attached to an aromatic ring is 1. The zero-order chi connectivity index (χ0) is 14.0. The van der Waals surface area contributed by atoms with Crippen LogP contribution in [0.1, 0.15) is 11.1 Å². The molecular formula is C13H13Br2N3S. The van der Waals surface area contributed by atoms with E-state index in [0.29, 0.717) is 0 Å². The lowest BCUT2D eigenvalue weighted by Gasteiger charge is -2.22. The van der Waals surface area contributed by atoms with Crippen LogP contribution in [0.25, 0.3) is 0 Å². The van der Waals surface area contributed by atoms with Gasteiger partial charge in [0, 0.05) is 29.3 Å². The monoisotopic (exact) mass is 401 g/mol. The predicted octanol–water partition coefficient (Wildman–Crippen LogP) is 4.19. The summed E-state index contributed by atoms with van der Waals surface area (Å²) in [6.07, 6.45) is 0. The van der Waals surface area contributed by atoms with Crippen LogP contribution in [-0.4, -0.2) is 12.9 Å². The van der Waals surface area contributed by atoms with E-state index in [1.54, 1.807) is 11.3 Å². The van der Waals surface area contributed by atoms with Gasteiger partial charge in [-0.15, -0.1) is 11.3 Å². The molecule has 2 rings (SSSR count). The summed E-state index contributed by atoms with van der Waals surface area (Å²) >= 11 is 8.54. The number of nitrogens with two attached hydrogens (primary N) is 1. The lowest BCUT2D eigenvalue weighted by molar-refractivity contribution is 0.925. The Hall–Kier alpha value is -0.850. The summed E-state index contributed by atoms with van der Waals surface area (Å²) in [7, 11) is 2.00. The molecule has 1 heterocycles. The second kappa shape index (κ2) is 6.07. The second-order valence-electron chi connectivity index (χ2n) is 4.19. The Morgan fingerprint density at radius 3 is 2.68 bits per heavy atom. The first kappa shape index (κ1) is 14.6. The van der Waals surface area contributed by atoms with Gasteiger partial charge in [0.2, 0.25) is 0 Å². The van der Waals surface area contributed by atoms with Gasteiger partial charge in [0.15, 0.2) is 0 Å². The molecule has 0 fully saturated rings. The van der Waals surface area contributed by atoms with Crippen molar-refractivity contribution in [1.82, 2.24) is 0 Å². The fourth-order valence-corrected chi connectivity index (χ4v) is 3.41. The molecular weight excluding hydrogens is 390 g/mol. The van der Waals surface area contributed by atoms with Crippen molar-refractivity contribution >= 4 is 54.7 Å². The number of thiophene rings is 1. The van der Waals surface area contributed by atoms with Gasteiger partial charge in [-0.1, -0.05) is 15.9 Å². The normalized spacial score (nSPS) is 10.5. The molecule has 0 atom stereocenters. The molecule has 3 N–H and O–H groups in total. The van der Waals surface area contributed by atoms with Crippen LogP contribution >= 0.6 is 43.2 Å². The first-order valence-corrected chi connectivity index (χ1v) is 8.02. The maximum Gasteiger partial charge on any atom is 0.124 e. The highest BCUT2D eigenvalue weighted by Gasteiger charge is 2.11. The summed E-state index contributed by atoms with van der Waals surface area (Å²) < 4.78 is 2.05. The minimum Gasteiger partial charge on any atom is -0.384 e. The SMILES string of the molecule is CN(Cc1csc(Br)c1)c1ccc(Br)cc1C(=N)N. The fourth-order valence-electron chi connectivity index (χ4n) is 1.84. The average Bonchev–Trinajstić information content (AvgIpc) is 2.74. The van der Waals surface area contributed by atoms with E-state index in [2.05, 4.69) is 48.2 Å². The highest BCUT2D eigenvalue weighted by atomic mass is 79.9. The van der Waals surface area contributed by atoms with E-state index in [0.717, 1.165) is 26.1 Å². The van der Waals surface area contributed by atoms with Crippen molar-refractivity contribution in [3.63, 3.8) is 0 Å². The molecule has 0 aliphatic heterocycles. The highest BCUT2D eigenvalue weighted by molar-refractivity contribution is 9.11. The van der Waals surface area contributed by atoms with Gasteiger partial charge in [0.1, 0.15) is 5.84 Å². The molecule has 0 radical (unpaired) electrons. The van der Waals surface area contributed by atoms with Crippen LogP contribution in [0.3, 0.4) is 0 Å². The lowest BCUT2D eigenvalue weighted by Crippen LogP contribution is -2.21. The van der Waals surface area contributed by atoms with Gasteiger partial charge < -0.3 is 10.6 Å².